The third-order valence-electron chi connectivity index (χ3n) is 7.51. The van der Waals surface area contributed by atoms with Gasteiger partial charge in [-0.1, -0.05) is 91.0 Å². The van der Waals surface area contributed by atoms with Crippen molar-refractivity contribution < 1.29 is 15.3 Å². The van der Waals surface area contributed by atoms with E-state index >= 15 is 0 Å². The Bertz CT molecular complexity index is 1790. The number of fused-ring (bicyclic) bond motifs is 3. The third-order valence-corrected chi connectivity index (χ3v) is 7.51. The van der Waals surface area contributed by atoms with E-state index in [1.165, 1.54) is 0 Å². The highest BCUT2D eigenvalue weighted by Crippen LogP contribution is 2.43. The molecule has 0 amide bonds. The third kappa shape index (κ3) is 3.75. The van der Waals surface area contributed by atoms with Crippen LogP contribution in [0, 0.1) is 0 Å². The van der Waals surface area contributed by atoms with Crippen LogP contribution in [0.3, 0.4) is 0 Å². The smallest absolute Gasteiger partial charge is 0.124 e. The van der Waals surface area contributed by atoms with Gasteiger partial charge in [0.15, 0.2) is 0 Å². The Morgan fingerprint density at radius 3 is 0.846 bits per heavy atom. The molecule has 3 heteroatoms. The molecule has 0 aliphatic carbocycles. The summed E-state index contributed by atoms with van der Waals surface area (Å²) in [6, 6.07) is 41.0. The van der Waals surface area contributed by atoms with E-state index in [1.807, 2.05) is 91.0 Å². The van der Waals surface area contributed by atoms with E-state index in [2.05, 4.69) is 18.2 Å². The quantitative estimate of drug-likeness (QED) is 0.225. The highest BCUT2D eigenvalue weighted by molar-refractivity contribution is 6.07. The Balaban J connectivity index is 1.59. The number of phenols is 3. The first kappa shape index (κ1) is 22.9. The number of hydrogen-bond donors (Lipinski definition) is 3. The zero-order chi connectivity index (χ0) is 26.5. The summed E-state index contributed by atoms with van der Waals surface area (Å²) in [7, 11) is 0. The van der Waals surface area contributed by atoms with Crippen molar-refractivity contribution >= 4 is 32.3 Å². The summed E-state index contributed by atoms with van der Waals surface area (Å²) in [5.74, 6) is 0.669. The van der Waals surface area contributed by atoms with Crippen LogP contribution in [-0.2, 0) is 0 Å². The summed E-state index contributed by atoms with van der Waals surface area (Å²) in [5, 5.41) is 37.8. The molecule has 0 fully saturated rings. The molecule has 0 saturated heterocycles. The predicted molar refractivity (Wildman–Crippen MR) is 160 cm³/mol. The van der Waals surface area contributed by atoms with Crippen molar-refractivity contribution in [2.75, 3.05) is 0 Å². The van der Waals surface area contributed by atoms with E-state index in [0.29, 0.717) is 0 Å². The highest BCUT2D eigenvalue weighted by Gasteiger charge is 2.16. The van der Waals surface area contributed by atoms with Gasteiger partial charge in [-0.25, -0.2) is 0 Å². The van der Waals surface area contributed by atoms with Crippen LogP contribution in [0.2, 0.25) is 0 Å². The molecule has 0 unspecified atom stereocenters. The summed E-state index contributed by atoms with van der Waals surface area (Å²) < 4.78 is 0. The molecule has 7 aromatic carbocycles. The van der Waals surface area contributed by atoms with Crippen LogP contribution in [0.1, 0.15) is 0 Å². The van der Waals surface area contributed by atoms with E-state index in [0.717, 1.165) is 65.7 Å². The lowest BCUT2D eigenvalue weighted by Crippen LogP contribution is -1.90. The van der Waals surface area contributed by atoms with Crippen LogP contribution in [-0.4, -0.2) is 15.3 Å². The van der Waals surface area contributed by atoms with Crippen molar-refractivity contribution in [3.05, 3.63) is 127 Å². The molecule has 186 valence electrons. The van der Waals surface area contributed by atoms with Crippen LogP contribution < -0.4 is 0 Å². The normalized spacial score (nSPS) is 11.4. The zero-order valence-electron chi connectivity index (χ0n) is 21.0. The van der Waals surface area contributed by atoms with Crippen LogP contribution in [0.4, 0.5) is 0 Å². The number of phenolic OH excluding ortho intramolecular Hbond substituents is 3. The molecule has 3 N–H and O–H groups in total. The molecule has 0 radical (unpaired) electrons. The lowest BCUT2D eigenvalue weighted by Gasteiger charge is -2.16. The van der Waals surface area contributed by atoms with Gasteiger partial charge in [0.25, 0.3) is 0 Å². The Morgan fingerprint density at radius 1 is 0.308 bits per heavy atom. The summed E-state index contributed by atoms with van der Waals surface area (Å²) >= 11 is 0. The molecule has 7 rings (SSSR count). The molecule has 7 aromatic rings. The summed E-state index contributed by atoms with van der Waals surface area (Å²) in [4.78, 5) is 0. The van der Waals surface area contributed by atoms with Gasteiger partial charge < -0.3 is 15.3 Å². The second-order valence-corrected chi connectivity index (χ2v) is 9.84. The fourth-order valence-corrected chi connectivity index (χ4v) is 5.78. The molecular weight excluding hydrogens is 480 g/mol. The first-order valence-electron chi connectivity index (χ1n) is 12.9. The molecule has 0 atom stereocenters. The van der Waals surface area contributed by atoms with Crippen molar-refractivity contribution in [3.63, 3.8) is 0 Å². The SMILES string of the molecule is Oc1cccc2cccc(-c3cc(-c4cccc5cccc(O)c45)cc(-c4cccc5cccc(O)c45)c3)c12. The molecule has 39 heavy (non-hydrogen) atoms. The Labute approximate surface area is 225 Å². The molecule has 0 aliphatic rings. The lowest BCUT2D eigenvalue weighted by atomic mass is 9.88. The van der Waals surface area contributed by atoms with E-state index in [-0.39, 0.29) is 17.2 Å². The standard InChI is InChI=1S/C36H24O3/c37-31-16-4-10-22-7-1-13-28(34(22)31)25-19-26(29-14-2-8-23-11-5-17-32(38)35(23)29)21-27(20-25)30-15-3-9-24-12-6-18-33(39)36(24)30/h1-21,37-39H. The largest absolute Gasteiger partial charge is 0.507 e. The average molecular weight is 505 g/mol. The minimum atomic E-state index is 0.223. The second-order valence-electron chi connectivity index (χ2n) is 9.84. The second kappa shape index (κ2) is 8.93. The van der Waals surface area contributed by atoms with Gasteiger partial charge in [0.1, 0.15) is 17.2 Å². The number of rotatable bonds is 3. The van der Waals surface area contributed by atoms with Gasteiger partial charge in [-0.3, -0.25) is 0 Å². The fraction of sp³-hybridized carbons (Fsp3) is 0. The topological polar surface area (TPSA) is 60.7 Å². The highest BCUT2D eigenvalue weighted by atomic mass is 16.3. The molecule has 0 saturated carbocycles. The zero-order valence-corrected chi connectivity index (χ0v) is 21.0. The molecule has 0 aliphatic heterocycles. The van der Waals surface area contributed by atoms with Crippen molar-refractivity contribution in [1.29, 1.82) is 0 Å². The average Bonchev–Trinajstić information content (AvgIpc) is 2.96. The lowest BCUT2D eigenvalue weighted by molar-refractivity contribution is 0.481. The summed E-state index contributed by atoms with van der Waals surface area (Å²) in [6.45, 7) is 0. The molecule has 0 heterocycles. The number of hydrogen-bond acceptors (Lipinski definition) is 3. The van der Waals surface area contributed by atoms with Crippen LogP contribution in [0.15, 0.2) is 127 Å². The Morgan fingerprint density at radius 2 is 0.564 bits per heavy atom. The van der Waals surface area contributed by atoms with Crippen LogP contribution in [0.25, 0.3) is 65.7 Å². The maximum Gasteiger partial charge on any atom is 0.124 e. The maximum absolute atomic E-state index is 10.9. The maximum atomic E-state index is 10.9. The van der Waals surface area contributed by atoms with E-state index in [1.54, 1.807) is 18.2 Å². The minimum absolute atomic E-state index is 0.223. The number of benzene rings is 7. The Kier molecular flexibility index (Phi) is 5.24. The molecule has 3 nitrogen and oxygen atoms in total. The van der Waals surface area contributed by atoms with Crippen molar-refractivity contribution in [2.45, 2.75) is 0 Å². The molecular formula is C36H24O3. The first-order chi connectivity index (χ1) is 19.1. The van der Waals surface area contributed by atoms with E-state index < -0.39 is 0 Å². The fourth-order valence-electron chi connectivity index (χ4n) is 5.78. The van der Waals surface area contributed by atoms with Crippen molar-refractivity contribution in [3.8, 4) is 50.6 Å². The van der Waals surface area contributed by atoms with E-state index in [9.17, 15) is 15.3 Å². The van der Waals surface area contributed by atoms with Gasteiger partial charge in [-0.2, -0.15) is 0 Å². The monoisotopic (exact) mass is 504 g/mol. The van der Waals surface area contributed by atoms with Gasteiger partial charge in [0.2, 0.25) is 0 Å². The van der Waals surface area contributed by atoms with Gasteiger partial charge >= 0.3 is 0 Å². The predicted octanol–water partition coefficient (Wildman–Crippen LogP) is 9.26. The summed E-state index contributed by atoms with van der Waals surface area (Å²) in [6.07, 6.45) is 0. The van der Waals surface area contributed by atoms with Crippen molar-refractivity contribution in [1.82, 2.24) is 0 Å². The number of aromatic hydroxyl groups is 3. The minimum Gasteiger partial charge on any atom is -0.507 e. The molecule has 0 aromatic heterocycles. The summed E-state index contributed by atoms with van der Waals surface area (Å²) in [5.41, 5.74) is 5.49. The van der Waals surface area contributed by atoms with Gasteiger partial charge in [0.05, 0.1) is 0 Å². The van der Waals surface area contributed by atoms with Crippen LogP contribution in [0.5, 0.6) is 17.2 Å². The van der Waals surface area contributed by atoms with Gasteiger partial charge in [0, 0.05) is 16.2 Å². The van der Waals surface area contributed by atoms with Gasteiger partial charge in [-0.05, 0) is 85.9 Å². The van der Waals surface area contributed by atoms with Crippen LogP contribution >= 0.6 is 0 Å². The first-order valence-corrected chi connectivity index (χ1v) is 12.9. The van der Waals surface area contributed by atoms with Gasteiger partial charge in [-0.15, -0.1) is 0 Å². The van der Waals surface area contributed by atoms with E-state index in [4.69, 9.17) is 0 Å². The Hall–Kier alpha value is -5.28. The van der Waals surface area contributed by atoms with Crippen molar-refractivity contribution in [2.24, 2.45) is 0 Å². The molecule has 0 spiro atoms. The molecule has 0 bridgehead atoms.